The second-order valence-electron chi connectivity index (χ2n) is 9.12. The predicted octanol–water partition coefficient (Wildman–Crippen LogP) is 2.77. The Bertz CT molecular complexity index is 959. The third-order valence-corrected chi connectivity index (χ3v) is 7.99. The van der Waals surface area contributed by atoms with E-state index in [9.17, 15) is 10.1 Å². The van der Waals surface area contributed by atoms with E-state index in [4.69, 9.17) is 9.47 Å². The molecule has 2 aliphatic heterocycles. The van der Waals surface area contributed by atoms with Crippen LogP contribution in [0.2, 0.25) is 0 Å². The van der Waals surface area contributed by atoms with Crippen LogP contribution in [-0.4, -0.2) is 43.0 Å². The van der Waals surface area contributed by atoms with Crippen LogP contribution in [0.15, 0.2) is 24.3 Å². The van der Waals surface area contributed by atoms with Gasteiger partial charge < -0.3 is 9.47 Å². The average molecular weight is 376 g/mol. The first-order chi connectivity index (χ1) is 13.6. The second kappa shape index (κ2) is 5.39. The first kappa shape index (κ1) is 16.6. The molecule has 6 rings (SSSR count). The summed E-state index contributed by atoms with van der Waals surface area (Å²) >= 11 is 0. The number of methoxy groups -OCH3 is 1. The molecule has 0 N–H and O–H groups in total. The van der Waals surface area contributed by atoms with Crippen LogP contribution in [0.3, 0.4) is 0 Å². The number of benzene rings is 1. The van der Waals surface area contributed by atoms with Crippen molar-refractivity contribution in [2.45, 2.75) is 49.7 Å². The zero-order chi connectivity index (χ0) is 19.1. The van der Waals surface area contributed by atoms with E-state index >= 15 is 0 Å². The fourth-order valence-corrected chi connectivity index (χ4v) is 6.67. The van der Waals surface area contributed by atoms with Gasteiger partial charge in [-0.25, -0.2) is 0 Å². The molecule has 1 aromatic carbocycles. The molecule has 4 atom stereocenters. The normalized spacial score (nSPS) is 37.2. The van der Waals surface area contributed by atoms with Crippen LogP contribution in [0, 0.1) is 22.7 Å². The highest BCUT2D eigenvalue weighted by atomic mass is 16.5. The van der Waals surface area contributed by atoms with E-state index in [0.29, 0.717) is 12.2 Å². The molecule has 2 fully saturated rings. The highest BCUT2D eigenvalue weighted by Gasteiger charge is 2.72. The summed E-state index contributed by atoms with van der Waals surface area (Å²) < 4.78 is 11.9. The number of rotatable bonds is 4. The Morgan fingerprint density at radius 3 is 3.00 bits per heavy atom. The highest BCUT2D eigenvalue weighted by molar-refractivity contribution is 5.98. The predicted molar refractivity (Wildman–Crippen MR) is 102 cm³/mol. The number of nitriles is 1. The van der Waals surface area contributed by atoms with Gasteiger partial charge in [0.15, 0.2) is 23.4 Å². The number of ketones is 1. The van der Waals surface area contributed by atoms with Crippen molar-refractivity contribution in [3.05, 3.63) is 35.4 Å². The SMILES string of the molecule is COc1ccc2c3c1O[C@H]1C(=O)C=C[C@@]4(CC#N)[C@@H](C2)N(CC2CC2)CC[C@]314. The van der Waals surface area contributed by atoms with Crippen LogP contribution < -0.4 is 9.47 Å². The van der Waals surface area contributed by atoms with Crippen LogP contribution in [0.25, 0.3) is 0 Å². The minimum atomic E-state index is -0.540. The minimum absolute atomic E-state index is 0.0223. The maximum Gasteiger partial charge on any atom is 0.196 e. The molecule has 2 heterocycles. The van der Waals surface area contributed by atoms with Crippen molar-refractivity contribution < 1.29 is 14.3 Å². The zero-order valence-corrected chi connectivity index (χ0v) is 16.1. The number of nitrogens with zero attached hydrogens (tertiary/aromatic N) is 2. The molecule has 3 aliphatic carbocycles. The Labute approximate surface area is 164 Å². The molecular weight excluding hydrogens is 352 g/mol. The lowest BCUT2D eigenvalue weighted by Gasteiger charge is -2.63. The highest BCUT2D eigenvalue weighted by Crippen LogP contribution is 2.68. The van der Waals surface area contributed by atoms with Gasteiger partial charge >= 0.3 is 0 Å². The Hall–Kier alpha value is -2.32. The summed E-state index contributed by atoms with van der Waals surface area (Å²) in [6.07, 6.45) is 8.04. The van der Waals surface area contributed by atoms with Crippen LogP contribution in [0.1, 0.15) is 36.8 Å². The molecule has 1 saturated carbocycles. The molecular formula is C23H24N2O3. The van der Waals surface area contributed by atoms with Gasteiger partial charge in [0.1, 0.15) is 0 Å². The van der Waals surface area contributed by atoms with E-state index in [1.807, 2.05) is 6.07 Å². The summed E-state index contributed by atoms with van der Waals surface area (Å²) in [6, 6.07) is 6.84. The lowest BCUT2D eigenvalue weighted by Crippen LogP contribution is -2.71. The molecule has 0 radical (unpaired) electrons. The van der Waals surface area contributed by atoms with Gasteiger partial charge in [0, 0.05) is 30.0 Å². The number of carbonyl (C=O) groups excluding carboxylic acids is 1. The second-order valence-corrected chi connectivity index (χ2v) is 9.12. The summed E-state index contributed by atoms with van der Waals surface area (Å²) in [5.41, 5.74) is 1.59. The van der Waals surface area contributed by atoms with Crippen molar-refractivity contribution in [1.29, 1.82) is 5.26 Å². The van der Waals surface area contributed by atoms with Gasteiger partial charge in [-0.3, -0.25) is 9.69 Å². The maximum absolute atomic E-state index is 13.0. The van der Waals surface area contributed by atoms with Crippen molar-refractivity contribution in [1.82, 2.24) is 4.90 Å². The monoisotopic (exact) mass is 376 g/mol. The standard InChI is InChI=1S/C23H24N2O3/c1-27-17-5-4-15-12-18-22(8-10-24)7-6-16(26)21-23(22,19(15)20(17)28-21)9-11-25(18)13-14-2-3-14/h4-7,14,18,21H,2-3,8-9,11-13H2,1H3/t18-,21+,22-,23+/m1/s1. The number of likely N-dealkylation sites (tertiary alicyclic amines) is 1. The van der Waals surface area contributed by atoms with Crippen molar-refractivity contribution >= 4 is 5.78 Å². The number of ether oxygens (including phenoxy) is 2. The van der Waals surface area contributed by atoms with Crippen molar-refractivity contribution in [2.24, 2.45) is 11.3 Å². The molecule has 1 saturated heterocycles. The number of carbonyl (C=O) groups is 1. The molecule has 144 valence electrons. The molecule has 2 bridgehead atoms. The molecule has 1 spiro atoms. The summed E-state index contributed by atoms with van der Waals surface area (Å²) in [5, 5.41) is 9.85. The Morgan fingerprint density at radius 1 is 1.39 bits per heavy atom. The summed E-state index contributed by atoms with van der Waals surface area (Å²) in [7, 11) is 1.65. The summed E-state index contributed by atoms with van der Waals surface area (Å²) in [5.74, 6) is 2.25. The Kier molecular flexibility index (Phi) is 3.20. The number of hydrogen-bond acceptors (Lipinski definition) is 5. The van der Waals surface area contributed by atoms with Gasteiger partial charge in [0.2, 0.25) is 0 Å². The molecule has 5 heteroatoms. The fourth-order valence-electron chi connectivity index (χ4n) is 6.67. The Morgan fingerprint density at radius 2 is 2.25 bits per heavy atom. The van der Waals surface area contributed by atoms with Crippen molar-refractivity contribution in [2.75, 3.05) is 20.2 Å². The number of piperidine rings is 1. The van der Waals surface area contributed by atoms with Gasteiger partial charge in [0.05, 0.1) is 18.6 Å². The lowest BCUT2D eigenvalue weighted by molar-refractivity contribution is -0.134. The topological polar surface area (TPSA) is 62.6 Å². The minimum Gasteiger partial charge on any atom is -0.493 e. The van der Waals surface area contributed by atoms with Crippen molar-refractivity contribution in [3.63, 3.8) is 0 Å². The van der Waals surface area contributed by atoms with Gasteiger partial charge in [-0.15, -0.1) is 0 Å². The van der Waals surface area contributed by atoms with E-state index in [0.717, 1.165) is 43.2 Å². The van der Waals surface area contributed by atoms with E-state index in [-0.39, 0.29) is 17.2 Å². The third-order valence-electron chi connectivity index (χ3n) is 7.99. The van der Waals surface area contributed by atoms with E-state index < -0.39 is 11.5 Å². The smallest absolute Gasteiger partial charge is 0.196 e. The molecule has 0 aromatic heterocycles. The summed E-state index contributed by atoms with van der Waals surface area (Å²) in [4.78, 5) is 15.6. The number of hydrogen-bond donors (Lipinski definition) is 0. The largest absolute Gasteiger partial charge is 0.493 e. The lowest BCUT2D eigenvalue weighted by atomic mass is 9.44. The first-order valence-corrected chi connectivity index (χ1v) is 10.4. The van der Waals surface area contributed by atoms with Crippen LogP contribution >= 0.6 is 0 Å². The Balaban J connectivity index is 1.62. The maximum atomic E-state index is 13.0. The average Bonchev–Trinajstić information content (AvgIpc) is 3.44. The summed E-state index contributed by atoms with van der Waals surface area (Å²) in [6.45, 7) is 2.07. The van der Waals surface area contributed by atoms with Gasteiger partial charge in [0.25, 0.3) is 0 Å². The molecule has 5 nitrogen and oxygen atoms in total. The van der Waals surface area contributed by atoms with Crippen LogP contribution in [0.5, 0.6) is 11.5 Å². The molecule has 28 heavy (non-hydrogen) atoms. The fraction of sp³-hybridized carbons (Fsp3) is 0.565. The first-order valence-electron chi connectivity index (χ1n) is 10.4. The van der Waals surface area contributed by atoms with Crippen LogP contribution in [-0.2, 0) is 16.6 Å². The van der Waals surface area contributed by atoms with Crippen LogP contribution in [0.4, 0.5) is 0 Å². The quantitative estimate of drug-likeness (QED) is 0.809. The van der Waals surface area contributed by atoms with Crippen molar-refractivity contribution in [3.8, 4) is 17.6 Å². The van der Waals surface area contributed by atoms with E-state index in [1.165, 1.54) is 18.4 Å². The van der Waals surface area contributed by atoms with Gasteiger partial charge in [-0.05, 0) is 55.9 Å². The van der Waals surface area contributed by atoms with Gasteiger partial charge in [-0.1, -0.05) is 12.1 Å². The van der Waals surface area contributed by atoms with Gasteiger partial charge in [-0.2, -0.15) is 5.26 Å². The third kappa shape index (κ3) is 1.78. The zero-order valence-electron chi connectivity index (χ0n) is 16.1. The molecule has 0 unspecified atom stereocenters. The van der Waals surface area contributed by atoms with E-state index in [2.05, 4.69) is 23.1 Å². The molecule has 5 aliphatic rings. The molecule has 0 amide bonds. The van der Waals surface area contributed by atoms with E-state index in [1.54, 1.807) is 13.2 Å². The molecule has 1 aromatic rings.